The van der Waals surface area contributed by atoms with Crippen molar-refractivity contribution < 1.29 is 40.2 Å². The van der Waals surface area contributed by atoms with Gasteiger partial charge in [0.1, 0.15) is 5.75 Å². The standard InChI is InChI=1S/C25H32ClF5N4O4S/c1-4-35-21(17-10-7-15(11-18(17)39-23(27)28)12-24(2,3)25(29,30)31)19(26)20(33-35)22(36)32-13-14-5-8-16(9-6-14)34-40(37)38/h7,10-11,14,16,23,34H,4-6,8-9,12-13H2,1-3H3,(H,32,36)(H,37,38)/p-1. The fraction of sp³-hybridized carbons (Fsp3) is 0.600. The summed E-state index contributed by atoms with van der Waals surface area (Å²) in [6.45, 7) is 0.976. The molecule has 224 valence electrons. The van der Waals surface area contributed by atoms with E-state index in [2.05, 4.69) is 19.9 Å². The second-order valence-corrected chi connectivity index (χ2v) is 11.5. The number of alkyl halides is 5. The molecule has 0 bridgehead atoms. The van der Waals surface area contributed by atoms with E-state index in [1.165, 1.54) is 16.8 Å². The molecule has 0 saturated heterocycles. The summed E-state index contributed by atoms with van der Waals surface area (Å²) in [5.41, 5.74) is -1.96. The van der Waals surface area contributed by atoms with Gasteiger partial charge < -0.3 is 14.6 Å². The van der Waals surface area contributed by atoms with Gasteiger partial charge in [-0.15, -0.1) is 0 Å². The molecular weight excluding hydrogens is 583 g/mol. The first kappa shape index (κ1) is 32.2. The molecule has 1 aliphatic rings. The fourth-order valence-corrected chi connectivity index (χ4v) is 5.52. The smallest absolute Gasteiger partial charge is 0.394 e. The first-order valence-electron chi connectivity index (χ1n) is 12.7. The van der Waals surface area contributed by atoms with Crippen molar-refractivity contribution in [3.05, 3.63) is 34.5 Å². The molecule has 0 spiro atoms. The van der Waals surface area contributed by atoms with Crippen LogP contribution in [0.2, 0.25) is 5.02 Å². The number of aryl methyl sites for hydroxylation is 1. The zero-order valence-corrected chi connectivity index (χ0v) is 23.7. The van der Waals surface area contributed by atoms with Gasteiger partial charge in [-0.1, -0.05) is 31.5 Å². The van der Waals surface area contributed by atoms with Crippen LogP contribution in [0.3, 0.4) is 0 Å². The Labute approximate surface area is 236 Å². The molecular formula is C25H31ClF5N4O4S-. The highest BCUT2D eigenvalue weighted by Crippen LogP contribution is 2.43. The number of halogens is 6. The third kappa shape index (κ3) is 7.92. The van der Waals surface area contributed by atoms with Crippen molar-refractivity contribution in [3.63, 3.8) is 0 Å². The Morgan fingerprint density at radius 1 is 1.25 bits per heavy atom. The maximum absolute atomic E-state index is 13.4. The van der Waals surface area contributed by atoms with Crippen LogP contribution < -0.4 is 14.8 Å². The average Bonchev–Trinajstić information content (AvgIpc) is 3.18. The van der Waals surface area contributed by atoms with Crippen LogP contribution in [0.1, 0.15) is 62.5 Å². The van der Waals surface area contributed by atoms with E-state index < -0.39 is 47.5 Å². The summed E-state index contributed by atoms with van der Waals surface area (Å²) in [6, 6.07) is 3.68. The summed E-state index contributed by atoms with van der Waals surface area (Å²) in [5.74, 6) is -0.856. The monoisotopic (exact) mass is 613 g/mol. The van der Waals surface area contributed by atoms with Gasteiger partial charge in [-0.25, -0.2) is 4.72 Å². The van der Waals surface area contributed by atoms with Crippen molar-refractivity contribution >= 4 is 28.8 Å². The van der Waals surface area contributed by atoms with Crippen molar-refractivity contribution in [2.45, 2.75) is 78.2 Å². The Kier molecular flexibility index (Phi) is 10.6. The van der Waals surface area contributed by atoms with Crippen molar-refractivity contribution in [2.75, 3.05) is 6.54 Å². The van der Waals surface area contributed by atoms with Crippen molar-refractivity contribution in [2.24, 2.45) is 11.3 Å². The number of carbonyl (C=O) groups excluding carboxylic acids is 1. The number of aromatic nitrogens is 2. The Balaban J connectivity index is 1.83. The van der Waals surface area contributed by atoms with Crippen LogP contribution in [0.15, 0.2) is 18.2 Å². The molecule has 1 aliphatic carbocycles. The SMILES string of the molecule is CCn1nc(C(=O)NCC2CCC(NS(=O)[O-])CC2)c(Cl)c1-c1ccc(CC(C)(C)C(F)(F)F)cc1OC(F)F. The van der Waals surface area contributed by atoms with Gasteiger partial charge >= 0.3 is 12.8 Å². The van der Waals surface area contributed by atoms with Crippen LogP contribution in [0, 0.1) is 11.3 Å². The number of nitrogens with one attached hydrogen (secondary N) is 2. The lowest BCUT2D eigenvalue weighted by atomic mass is 9.84. The van der Waals surface area contributed by atoms with E-state index in [0.29, 0.717) is 32.2 Å². The number of carbonyl (C=O) groups is 1. The summed E-state index contributed by atoms with van der Waals surface area (Å²) in [4.78, 5) is 13.0. The van der Waals surface area contributed by atoms with Gasteiger partial charge in [-0.2, -0.15) is 27.1 Å². The summed E-state index contributed by atoms with van der Waals surface area (Å²) >= 11 is 4.20. The molecule has 1 heterocycles. The largest absolute Gasteiger partial charge is 0.760 e. The molecule has 2 aromatic rings. The third-order valence-corrected chi connectivity index (χ3v) is 7.88. The van der Waals surface area contributed by atoms with Gasteiger partial charge in [0, 0.05) is 36.0 Å². The van der Waals surface area contributed by atoms with Crippen molar-refractivity contribution in [1.82, 2.24) is 19.8 Å². The molecule has 1 atom stereocenters. The van der Waals surface area contributed by atoms with E-state index in [9.17, 15) is 35.5 Å². The highest BCUT2D eigenvalue weighted by molar-refractivity contribution is 7.77. The van der Waals surface area contributed by atoms with Crippen LogP contribution in [0.25, 0.3) is 11.3 Å². The highest BCUT2D eigenvalue weighted by atomic mass is 35.5. The summed E-state index contributed by atoms with van der Waals surface area (Å²) < 4.78 is 96.9. The zero-order chi connectivity index (χ0) is 29.8. The maximum atomic E-state index is 13.4. The van der Waals surface area contributed by atoms with E-state index >= 15 is 0 Å². The van der Waals surface area contributed by atoms with Gasteiger partial charge in [-0.3, -0.25) is 13.7 Å². The molecule has 1 aromatic heterocycles. The Morgan fingerprint density at radius 3 is 2.45 bits per heavy atom. The van der Waals surface area contributed by atoms with E-state index in [1.807, 2.05) is 0 Å². The van der Waals surface area contributed by atoms with E-state index in [1.54, 1.807) is 6.92 Å². The van der Waals surface area contributed by atoms with Crippen LogP contribution in [0.5, 0.6) is 5.75 Å². The Hall–Kier alpha value is -2.29. The first-order valence-corrected chi connectivity index (χ1v) is 14.1. The van der Waals surface area contributed by atoms with Crippen LogP contribution in [-0.2, 0) is 24.2 Å². The molecule has 2 N–H and O–H groups in total. The van der Waals surface area contributed by atoms with Crippen LogP contribution in [-0.4, -0.2) is 49.8 Å². The number of rotatable bonds is 11. The van der Waals surface area contributed by atoms with Crippen molar-refractivity contribution in [3.8, 4) is 17.0 Å². The summed E-state index contributed by atoms with van der Waals surface area (Å²) in [6.07, 6.45) is -2.33. The zero-order valence-electron chi connectivity index (χ0n) is 22.1. The quantitative estimate of drug-likeness (QED) is 0.252. The van der Waals surface area contributed by atoms with E-state index in [4.69, 9.17) is 11.6 Å². The lowest BCUT2D eigenvalue weighted by Gasteiger charge is -2.29. The number of hydrogen-bond acceptors (Lipinski definition) is 5. The van der Waals surface area contributed by atoms with E-state index in [0.717, 1.165) is 19.9 Å². The van der Waals surface area contributed by atoms with Gasteiger partial charge in [0.05, 0.1) is 16.1 Å². The molecule has 1 unspecified atom stereocenters. The molecule has 1 amide bonds. The van der Waals surface area contributed by atoms with Gasteiger partial charge in [0.25, 0.3) is 5.91 Å². The molecule has 0 aliphatic heterocycles. The molecule has 8 nitrogen and oxygen atoms in total. The number of benzene rings is 1. The number of nitrogens with zero attached hydrogens (tertiary/aromatic N) is 2. The third-order valence-electron chi connectivity index (χ3n) is 7.00. The molecule has 0 radical (unpaired) electrons. The molecule has 1 aromatic carbocycles. The van der Waals surface area contributed by atoms with Gasteiger partial charge in [0.15, 0.2) is 5.69 Å². The minimum atomic E-state index is -4.52. The first-order chi connectivity index (χ1) is 18.6. The average molecular weight is 614 g/mol. The van der Waals surface area contributed by atoms with Crippen LogP contribution >= 0.6 is 11.6 Å². The predicted octanol–water partition coefficient (Wildman–Crippen LogP) is 5.63. The molecule has 1 fully saturated rings. The summed E-state index contributed by atoms with van der Waals surface area (Å²) in [7, 11) is 0. The Morgan fingerprint density at radius 2 is 1.90 bits per heavy atom. The minimum Gasteiger partial charge on any atom is -0.760 e. The molecule has 15 heteroatoms. The second kappa shape index (κ2) is 13.1. The van der Waals surface area contributed by atoms with E-state index in [-0.39, 0.29) is 46.0 Å². The minimum absolute atomic E-state index is 0.0499. The Bertz CT molecular complexity index is 1220. The number of ether oxygens (including phenoxy) is 1. The number of hydrogen-bond donors (Lipinski definition) is 2. The van der Waals surface area contributed by atoms with Gasteiger partial charge in [-0.05, 0) is 62.6 Å². The second-order valence-electron chi connectivity index (χ2n) is 10.4. The molecule has 3 rings (SSSR count). The lowest BCUT2D eigenvalue weighted by Crippen LogP contribution is -2.37. The normalized spacial score (nSPS) is 19.1. The van der Waals surface area contributed by atoms with Crippen LogP contribution in [0.4, 0.5) is 22.0 Å². The maximum Gasteiger partial charge on any atom is 0.394 e. The molecule has 40 heavy (non-hydrogen) atoms. The topological polar surface area (TPSA) is 108 Å². The molecule has 1 saturated carbocycles. The number of amides is 1. The summed E-state index contributed by atoms with van der Waals surface area (Å²) in [5, 5.41) is 6.91. The fourth-order valence-electron chi connectivity index (χ4n) is 4.69. The predicted molar refractivity (Wildman–Crippen MR) is 139 cm³/mol. The lowest BCUT2D eigenvalue weighted by molar-refractivity contribution is -0.211. The van der Waals surface area contributed by atoms with Gasteiger partial charge in [0.2, 0.25) is 0 Å². The highest BCUT2D eigenvalue weighted by Gasteiger charge is 2.47. The van der Waals surface area contributed by atoms with Crippen molar-refractivity contribution in [1.29, 1.82) is 0 Å².